The van der Waals surface area contributed by atoms with Gasteiger partial charge in [-0.05, 0) is 4.57 Å². The van der Waals surface area contributed by atoms with Crippen molar-refractivity contribution in [3.63, 3.8) is 0 Å². The van der Waals surface area contributed by atoms with E-state index in [1.807, 2.05) is 0 Å². The number of alkyl carbamates (subject to hydrolysis) is 1. The molecular weight excluding hydrogens is 181 g/mol. The Kier molecular flexibility index (Phi) is 5.25. The van der Waals surface area contributed by atoms with Crippen LogP contribution in [0, 0.1) is 0 Å². The molecule has 0 fully saturated rings. The van der Waals surface area contributed by atoms with E-state index in [4.69, 9.17) is 4.89 Å². The van der Waals surface area contributed by atoms with Gasteiger partial charge in [-0.3, -0.25) is 5.32 Å². The zero-order valence-electron chi connectivity index (χ0n) is 6.69. The number of ether oxygens (including phenoxy) is 1. The van der Waals surface area contributed by atoms with Gasteiger partial charge in [0.25, 0.3) is 5.78 Å². The molecule has 12 heavy (non-hydrogen) atoms. The Morgan fingerprint density at radius 1 is 1.92 bits per heavy atom. The van der Waals surface area contributed by atoms with Crippen LogP contribution >= 0.6 is 8.03 Å². The minimum Gasteiger partial charge on any atom is -0.445 e. The number of carbonyl (C=O) groups excluding carboxylic acids is 1. The van der Waals surface area contributed by atoms with Crippen molar-refractivity contribution in [1.29, 1.82) is 0 Å². The molecule has 0 saturated heterocycles. The summed E-state index contributed by atoms with van der Waals surface area (Å²) in [4.78, 5) is 19.2. The average Bonchev–Trinajstić information content (AvgIpc) is 2.00. The fourth-order valence-corrected chi connectivity index (χ4v) is 0.618. The first-order chi connectivity index (χ1) is 5.57. The Morgan fingerprint density at radius 2 is 2.50 bits per heavy atom. The summed E-state index contributed by atoms with van der Waals surface area (Å²) in [7, 11) is -2.40. The molecule has 0 aromatic rings. The summed E-state index contributed by atoms with van der Waals surface area (Å²) < 4.78 is 14.9. The van der Waals surface area contributed by atoms with E-state index in [0.717, 1.165) is 0 Å². The average molecular weight is 192 g/mol. The highest BCUT2D eigenvalue weighted by atomic mass is 31.1. The largest absolute Gasteiger partial charge is 0.530 e. The molecule has 2 N–H and O–H groups in total. The number of carbonyl (C=O) groups is 1. The summed E-state index contributed by atoms with van der Waals surface area (Å²) in [6.45, 7) is 4.83. The predicted molar refractivity (Wildman–Crippen MR) is 44.0 cm³/mol. The van der Waals surface area contributed by atoms with Crippen molar-refractivity contribution < 1.29 is 19.0 Å². The molecular formula is C6H11NO4P+. The summed E-state index contributed by atoms with van der Waals surface area (Å²) in [6, 6.07) is 0. The number of nitrogens with one attached hydrogen (secondary N) is 1. The van der Waals surface area contributed by atoms with Gasteiger partial charge >= 0.3 is 14.1 Å². The van der Waals surface area contributed by atoms with Crippen LogP contribution in [0.2, 0.25) is 0 Å². The molecule has 0 aromatic carbocycles. The first-order valence-electron chi connectivity index (χ1n) is 3.27. The third kappa shape index (κ3) is 4.82. The van der Waals surface area contributed by atoms with Gasteiger partial charge in [0.1, 0.15) is 6.61 Å². The van der Waals surface area contributed by atoms with Gasteiger partial charge in [-0.1, -0.05) is 12.7 Å². The molecule has 1 amide bonds. The lowest BCUT2D eigenvalue weighted by Crippen LogP contribution is -2.30. The molecule has 0 rings (SSSR count). The van der Waals surface area contributed by atoms with Crippen LogP contribution in [0.3, 0.4) is 0 Å². The lowest BCUT2D eigenvalue weighted by molar-refractivity contribution is 0.157. The van der Waals surface area contributed by atoms with Gasteiger partial charge in [0.15, 0.2) is 0 Å². The smallest absolute Gasteiger partial charge is 0.445 e. The second-order valence-corrected chi connectivity index (χ2v) is 3.39. The highest BCUT2D eigenvalue weighted by Gasteiger charge is 2.25. The molecule has 0 spiro atoms. The third-order valence-corrected chi connectivity index (χ3v) is 1.78. The first kappa shape index (κ1) is 11.1. The van der Waals surface area contributed by atoms with E-state index in [2.05, 4.69) is 16.6 Å². The van der Waals surface area contributed by atoms with Crippen LogP contribution in [0.15, 0.2) is 12.7 Å². The molecule has 5 nitrogen and oxygen atoms in total. The first-order valence-corrected chi connectivity index (χ1v) is 4.55. The van der Waals surface area contributed by atoms with Crippen molar-refractivity contribution in [3.8, 4) is 0 Å². The lowest BCUT2D eigenvalue weighted by Gasteiger charge is -2.02. The molecule has 0 aromatic heterocycles. The second kappa shape index (κ2) is 5.69. The van der Waals surface area contributed by atoms with Crippen LogP contribution in [0.5, 0.6) is 0 Å². The lowest BCUT2D eigenvalue weighted by atomic mass is 10.7. The maximum absolute atomic E-state index is 10.7. The van der Waals surface area contributed by atoms with Crippen LogP contribution in [0.25, 0.3) is 0 Å². The van der Waals surface area contributed by atoms with Crippen molar-refractivity contribution in [2.24, 2.45) is 0 Å². The Bertz CT molecular complexity index is 194. The molecule has 0 aliphatic rings. The van der Waals surface area contributed by atoms with E-state index in [-0.39, 0.29) is 6.61 Å². The molecule has 0 aliphatic carbocycles. The van der Waals surface area contributed by atoms with Gasteiger partial charge in [0.05, 0.1) is 0 Å². The zero-order chi connectivity index (χ0) is 9.56. The van der Waals surface area contributed by atoms with E-state index in [9.17, 15) is 9.36 Å². The Balaban J connectivity index is 3.68. The molecule has 0 bridgehead atoms. The molecule has 0 radical (unpaired) electrons. The molecule has 0 saturated carbocycles. The van der Waals surface area contributed by atoms with Crippen molar-refractivity contribution in [2.75, 3.05) is 6.61 Å². The van der Waals surface area contributed by atoms with E-state index in [1.54, 1.807) is 0 Å². The van der Waals surface area contributed by atoms with Crippen LogP contribution in [0.4, 0.5) is 4.79 Å². The SMILES string of the molecule is C=CCOC(=O)NC(C)[P+](=O)O. The predicted octanol–water partition coefficient (Wildman–Crippen LogP) is 0.979. The number of hydrogen-bond acceptors (Lipinski definition) is 3. The fourth-order valence-electron chi connectivity index (χ4n) is 0.402. The quantitative estimate of drug-likeness (QED) is 0.514. The van der Waals surface area contributed by atoms with Crippen molar-refractivity contribution in [1.82, 2.24) is 5.32 Å². The van der Waals surface area contributed by atoms with Gasteiger partial charge in [-0.2, -0.15) is 4.89 Å². The minimum absolute atomic E-state index is 0.0841. The standard InChI is InChI=1S/C6H10NO4P/c1-3-4-11-6(8)7-5(2)12(9)10/h3,5H,1,4H2,2H3,(H-,7,8,9,10)/p+1. The summed E-state index contributed by atoms with van der Waals surface area (Å²) in [5.74, 6) is -0.794. The number of amides is 1. The zero-order valence-corrected chi connectivity index (χ0v) is 7.58. The van der Waals surface area contributed by atoms with Crippen LogP contribution in [-0.4, -0.2) is 23.4 Å². The molecule has 0 heterocycles. The Morgan fingerprint density at radius 3 is 2.92 bits per heavy atom. The Hall–Kier alpha value is -0.930. The van der Waals surface area contributed by atoms with Gasteiger partial charge in [-0.25, -0.2) is 4.79 Å². The van der Waals surface area contributed by atoms with Crippen molar-refractivity contribution in [2.45, 2.75) is 12.7 Å². The maximum Gasteiger partial charge on any atom is 0.530 e. The monoisotopic (exact) mass is 192 g/mol. The fraction of sp³-hybridized carbons (Fsp3) is 0.500. The highest BCUT2D eigenvalue weighted by molar-refractivity contribution is 7.38. The maximum atomic E-state index is 10.7. The van der Waals surface area contributed by atoms with E-state index >= 15 is 0 Å². The topological polar surface area (TPSA) is 75.6 Å². The van der Waals surface area contributed by atoms with Crippen LogP contribution in [-0.2, 0) is 9.30 Å². The van der Waals surface area contributed by atoms with Gasteiger partial charge in [-0.15, -0.1) is 0 Å². The van der Waals surface area contributed by atoms with Crippen molar-refractivity contribution in [3.05, 3.63) is 12.7 Å². The molecule has 2 atom stereocenters. The van der Waals surface area contributed by atoms with Crippen molar-refractivity contribution >= 4 is 14.1 Å². The summed E-state index contributed by atoms with van der Waals surface area (Å²) in [6.07, 6.45) is 0.684. The molecule has 2 unspecified atom stereocenters. The highest BCUT2D eigenvalue weighted by Crippen LogP contribution is 2.18. The van der Waals surface area contributed by atoms with Crippen LogP contribution < -0.4 is 5.32 Å². The minimum atomic E-state index is -2.40. The Labute approximate surface area is 71.3 Å². The van der Waals surface area contributed by atoms with E-state index in [0.29, 0.717) is 0 Å². The summed E-state index contributed by atoms with van der Waals surface area (Å²) in [5.41, 5.74) is 0. The van der Waals surface area contributed by atoms with E-state index in [1.165, 1.54) is 13.0 Å². The molecule has 6 heteroatoms. The molecule has 0 aliphatic heterocycles. The van der Waals surface area contributed by atoms with Gasteiger partial charge in [0.2, 0.25) is 0 Å². The molecule has 68 valence electrons. The normalized spacial score (nSPS) is 13.0. The van der Waals surface area contributed by atoms with Gasteiger partial charge in [0, 0.05) is 6.92 Å². The third-order valence-electron chi connectivity index (χ3n) is 0.990. The summed E-state index contributed by atoms with van der Waals surface area (Å²) in [5, 5.41) is 2.17. The van der Waals surface area contributed by atoms with Gasteiger partial charge < -0.3 is 4.74 Å². The van der Waals surface area contributed by atoms with E-state index < -0.39 is 19.9 Å². The van der Waals surface area contributed by atoms with Crippen LogP contribution in [0.1, 0.15) is 6.92 Å². The number of rotatable bonds is 4. The second-order valence-electron chi connectivity index (χ2n) is 2.01. The summed E-state index contributed by atoms with van der Waals surface area (Å²) >= 11 is 0. The number of hydrogen-bond donors (Lipinski definition) is 2.